The Kier molecular flexibility index (Phi) is 5.71. The number of likely N-dealkylation sites (tertiary alicyclic amines) is 1. The van der Waals surface area contributed by atoms with Crippen molar-refractivity contribution in [3.05, 3.63) is 24.3 Å². The number of hydrogen-bond donors (Lipinski definition) is 1. The normalized spacial score (nSPS) is 19.7. The molecule has 1 atom stereocenters. The highest BCUT2D eigenvalue weighted by Gasteiger charge is 2.22. The number of amides is 1. The highest BCUT2D eigenvalue weighted by atomic mass is 16.6. The Hall–Kier alpha value is -1.69. The fourth-order valence-corrected chi connectivity index (χ4v) is 2.64. The van der Waals surface area contributed by atoms with Crippen molar-refractivity contribution in [1.29, 1.82) is 0 Å². The van der Waals surface area contributed by atoms with Gasteiger partial charge >= 0.3 is 6.09 Å². The molecule has 122 valence electrons. The van der Waals surface area contributed by atoms with E-state index in [2.05, 4.69) is 20.2 Å². The van der Waals surface area contributed by atoms with Crippen molar-refractivity contribution in [3.8, 4) is 0 Å². The van der Waals surface area contributed by atoms with E-state index in [0.29, 0.717) is 12.5 Å². The molecule has 2 rings (SSSR count). The molecule has 6 heteroatoms. The topological polar surface area (TPSA) is 67.3 Å². The molecule has 0 unspecified atom stereocenters. The van der Waals surface area contributed by atoms with Gasteiger partial charge in [0.25, 0.3) is 0 Å². The lowest BCUT2D eigenvalue weighted by Gasteiger charge is -2.32. The number of hydrogen-bond acceptors (Lipinski definition) is 5. The summed E-state index contributed by atoms with van der Waals surface area (Å²) in [6.45, 7) is 9.12. The van der Waals surface area contributed by atoms with E-state index in [1.165, 1.54) is 0 Å². The number of nitrogens with one attached hydrogen (secondary N) is 1. The summed E-state index contributed by atoms with van der Waals surface area (Å²) in [5, 5.41) is 2.88. The molecule has 0 bridgehead atoms. The molecule has 0 radical (unpaired) electrons. The second-order valence-electron chi connectivity index (χ2n) is 6.82. The minimum absolute atomic E-state index is 0.335. The molecular weight excluding hydrogens is 280 g/mol. The number of nitrogens with zero attached hydrogens (tertiary/aromatic N) is 3. The summed E-state index contributed by atoms with van der Waals surface area (Å²) in [6, 6.07) is 0. The zero-order chi connectivity index (χ0) is 16.0. The van der Waals surface area contributed by atoms with Gasteiger partial charge in [-0.3, -0.25) is 14.9 Å². The molecule has 6 nitrogen and oxygen atoms in total. The molecule has 0 aromatic carbocycles. The van der Waals surface area contributed by atoms with Crippen LogP contribution in [0.2, 0.25) is 0 Å². The zero-order valence-corrected chi connectivity index (χ0v) is 13.7. The number of piperidine rings is 1. The van der Waals surface area contributed by atoms with E-state index in [0.717, 1.165) is 38.2 Å². The molecule has 0 spiro atoms. The van der Waals surface area contributed by atoms with Crippen LogP contribution < -0.4 is 5.32 Å². The van der Waals surface area contributed by atoms with Crippen molar-refractivity contribution in [2.45, 2.75) is 45.8 Å². The molecule has 1 aromatic heterocycles. The number of carbonyl (C=O) groups is 1. The van der Waals surface area contributed by atoms with Gasteiger partial charge in [-0.1, -0.05) is 0 Å². The van der Waals surface area contributed by atoms with Crippen molar-refractivity contribution in [2.24, 2.45) is 5.92 Å². The third kappa shape index (κ3) is 5.97. The summed E-state index contributed by atoms with van der Waals surface area (Å²) in [7, 11) is 0. The lowest BCUT2D eigenvalue weighted by Crippen LogP contribution is -2.42. The molecule has 1 saturated heterocycles. The fraction of sp³-hybridized carbons (Fsp3) is 0.688. The van der Waals surface area contributed by atoms with Gasteiger partial charge < -0.3 is 10.1 Å². The van der Waals surface area contributed by atoms with E-state index >= 15 is 0 Å². The molecule has 0 aliphatic carbocycles. The van der Waals surface area contributed by atoms with Gasteiger partial charge in [0.1, 0.15) is 5.60 Å². The van der Waals surface area contributed by atoms with Crippen LogP contribution in [0.3, 0.4) is 0 Å². The molecule has 2 heterocycles. The standard InChI is InChI=1S/C16H26N4O2/c1-16(2,3)22-15(21)19-9-13-5-4-8-20(11-13)12-14-10-17-6-7-18-14/h6-7,10,13H,4-5,8-9,11-12H2,1-3H3,(H,19,21)/t13-/m0/s1. The highest BCUT2D eigenvalue weighted by molar-refractivity contribution is 5.67. The Morgan fingerprint density at radius 2 is 2.27 bits per heavy atom. The molecule has 22 heavy (non-hydrogen) atoms. The van der Waals surface area contributed by atoms with E-state index < -0.39 is 5.60 Å². The molecule has 1 N–H and O–H groups in total. The first-order valence-corrected chi connectivity index (χ1v) is 7.86. The smallest absolute Gasteiger partial charge is 0.407 e. The molecule has 1 aliphatic heterocycles. The summed E-state index contributed by atoms with van der Waals surface area (Å²) < 4.78 is 5.27. The van der Waals surface area contributed by atoms with E-state index in [-0.39, 0.29) is 6.09 Å². The van der Waals surface area contributed by atoms with Gasteiger partial charge in [-0.05, 0) is 46.1 Å². The maximum absolute atomic E-state index is 11.7. The molecule has 1 aromatic rings. The number of carbonyl (C=O) groups excluding carboxylic acids is 1. The van der Waals surface area contributed by atoms with Crippen molar-refractivity contribution in [1.82, 2.24) is 20.2 Å². The lowest BCUT2D eigenvalue weighted by atomic mass is 9.98. The molecule has 1 amide bonds. The van der Waals surface area contributed by atoms with E-state index in [1.807, 2.05) is 27.0 Å². The minimum Gasteiger partial charge on any atom is -0.444 e. The van der Waals surface area contributed by atoms with Crippen molar-refractivity contribution < 1.29 is 9.53 Å². The maximum Gasteiger partial charge on any atom is 0.407 e. The molecule has 1 fully saturated rings. The first kappa shape index (κ1) is 16.7. The molecular formula is C16H26N4O2. The summed E-state index contributed by atoms with van der Waals surface area (Å²) in [5.41, 5.74) is 0.539. The van der Waals surface area contributed by atoms with Crippen LogP contribution in [-0.2, 0) is 11.3 Å². The Bertz CT molecular complexity index is 473. The Morgan fingerprint density at radius 3 is 2.95 bits per heavy atom. The predicted octanol–water partition coefficient (Wildman–Crippen LogP) is 2.21. The Balaban J connectivity index is 1.75. The second-order valence-corrected chi connectivity index (χ2v) is 6.82. The van der Waals surface area contributed by atoms with Crippen molar-refractivity contribution >= 4 is 6.09 Å². The van der Waals surface area contributed by atoms with Crippen LogP contribution in [0.1, 0.15) is 39.3 Å². The molecule has 1 aliphatic rings. The van der Waals surface area contributed by atoms with Crippen molar-refractivity contribution in [3.63, 3.8) is 0 Å². The maximum atomic E-state index is 11.7. The minimum atomic E-state index is -0.450. The highest BCUT2D eigenvalue weighted by Crippen LogP contribution is 2.17. The van der Waals surface area contributed by atoms with Crippen LogP contribution in [0, 0.1) is 5.92 Å². The number of alkyl carbamates (subject to hydrolysis) is 1. The molecule has 0 saturated carbocycles. The number of rotatable bonds is 4. The van der Waals surface area contributed by atoms with Gasteiger partial charge in [0.05, 0.1) is 5.69 Å². The van der Waals surface area contributed by atoms with Gasteiger partial charge in [0, 0.05) is 38.2 Å². The first-order valence-electron chi connectivity index (χ1n) is 7.86. The van der Waals surface area contributed by atoms with Crippen molar-refractivity contribution in [2.75, 3.05) is 19.6 Å². The first-order chi connectivity index (χ1) is 10.4. The second kappa shape index (κ2) is 7.54. The lowest BCUT2D eigenvalue weighted by molar-refractivity contribution is 0.0506. The Morgan fingerprint density at radius 1 is 1.45 bits per heavy atom. The van der Waals surface area contributed by atoms with Crippen LogP contribution in [0.4, 0.5) is 4.79 Å². The average molecular weight is 306 g/mol. The van der Waals surface area contributed by atoms with E-state index in [1.54, 1.807) is 12.4 Å². The fourth-order valence-electron chi connectivity index (χ4n) is 2.64. The van der Waals surface area contributed by atoms with E-state index in [9.17, 15) is 4.79 Å². The van der Waals surface area contributed by atoms with Gasteiger partial charge in [0.15, 0.2) is 0 Å². The third-order valence-corrected chi connectivity index (χ3v) is 3.54. The van der Waals surface area contributed by atoms with Gasteiger partial charge in [-0.25, -0.2) is 4.79 Å². The third-order valence-electron chi connectivity index (χ3n) is 3.54. The summed E-state index contributed by atoms with van der Waals surface area (Å²) >= 11 is 0. The number of aromatic nitrogens is 2. The van der Waals surface area contributed by atoms with Crippen LogP contribution in [-0.4, -0.2) is 46.2 Å². The summed E-state index contributed by atoms with van der Waals surface area (Å²) in [5.74, 6) is 0.456. The summed E-state index contributed by atoms with van der Waals surface area (Å²) in [6.07, 6.45) is 7.16. The van der Waals surface area contributed by atoms with Crippen LogP contribution in [0.15, 0.2) is 18.6 Å². The van der Waals surface area contributed by atoms with Gasteiger partial charge in [-0.15, -0.1) is 0 Å². The monoisotopic (exact) mass is 306 g/mol. The predicted molar refractivity (Wildman–Crippen MR) is 84.3 cm³/mol. The van der Waals surface area contributed by atoms with E-state index in [4.69, 9.17) is 4.74 Å². The quantitative estimate of drug-likeness (QED) is 0.924. The van der Waals surface area contributed by atoms with Gasteiger partial charge in [0.2, 0.25) is 0 Å². The van der Waals surface area contributed by atoms with Gasteiger partial charge in [-0.2, -0.15) is 0 Å². The average Bonchev–Trinajstić information content (AvgIpc) is 2.45. The summed E-state index contributed by atoms with van der Waals surface area (Å²) in [4.78, 5) is 22.5. The van der Waals surface area contributed by atoms with Crippen LogP contribution in [0.25, 0.3) is 0 Å². The largest absolute Gasteiger partial charge is 0.444 e. The SMILES string of the molecule is CC(C)(C)OC(=O)NC[C@@H]1CCCN(Cc2cnccn2)C1. The zero-order valence-electron chi connectivity index (χ0n) is 13.7. The number of ether oxygens (including phenoxy) is 1. The van der Waals surface area contributed by atoms with Crippen LogP contribution >= 0.6 is 0 Å². The Labute approximate surface area is 132 Å². The van der Waals surface area contributed by atoms with Crippen LogP contribution in [0.5, 0.6) is 0 Å².